The van der Waals surface area contributed by atoms with Crippen LogP contribution in [0.1, 0.15) is 33.1 Å². The fourth-order valence-corrected chi connectivity index (χ4v) is 5.35. The third kappa shape index (κ3) is 4.94. The predicted molar refractivity (Wildman–Crippen MR) is 134 cm³/mol. The van der Waals surface area contributed by atoms with Gasteiger partial charge in [0.1, 0.15) is 0 Å². The molecule has 1 heterocycles. The van der Waals surface area contributed by atoms with Gasteiger partial charge in [-0.1, -0.05) is 36.4 Å². The van der Waals surface area contributed by atoms with Crippen molar-refractivity contribution in [2.45, 2.75) is 17.4 Å². The standard InChI is InChI=1S/C27H28N2O5S/c1-4-15-28-35(31,32)22-12-10-20(11-13-22)27(30)29-16-14-21-17-24(33-2)25(34-3)18-23(21)26(29)19-8-6-5-7-9-19/h4-13,17-18,26,28H,1,14-16H2,2-3H3. The molecule has 182 valence electrons. The van der Waals surface area contributed by atoms with Crippen LogP contribution in [0.5, 0.6) is 11.5 Å². The van der Waals surface area contributed by atoms with Gasteiger partial charge in [0.2, 0.25) is 10.0 Å². The van der Waals surface area contributed by atoms with E-state index in [0.717, 1.165) is 16.7 Å². The van der Waals surface area contributed by atoms with E-state index in [-0.39, 0.29) is 23.4 Å². The Kier molecular flexibility index (Phi) is 7.23. The van der Waals surface area contributed by atoms with Crippen LogP contribution >= 0.6 is 0 Å². The normalized spacial score (nSPS) is 15.3. The molecule has 1 N–H and O–H groups in total. The zero-order valence-electron chi connectivity index (χ0n) is 19.7. The van der Waals surface area contributed by atoms with E-state index in [1.54, 1.807) is 26.4 Å². The molecule has 0 spiro atoms. The molecule has 0 fully saturated rings. The Hall–Kier alpha value is -3.62. The number of ether oxygens (including phenoxy) is 2. The smallest absolute Gasteiger partial charge is 0.254 e. The van der Waals surface area contributed by atoms with Crippen LogP contribution in [-0.2, 0) is 16.4 Å². The highest BCUT2D eigenvalue weighted by Crippen LogP contribution is 2.41. The molecule has 0 bridgehead atoms. The number of nitrogens with zero attached hydrogens (tertiary/aromatic N) is 1. The van der Waals surface area contributed by atoms with Crippen molar-refractivity contribution in [2.75, 3.05) is 27.3 Å². The summed E-state index contributed by atoms with van der Waals surface area (Å²) in [5.41, 5.74) is 3.45. The summed E-state index contributed by atoms with van der Waals surface area (Å²) in [6.07, 6.45) is 2.13. The number of fused-ring (bicyclic) bond motifs is 1. The number of rotatable bonds is 8. The third-order valence-electron chi connectivity index (χ3n) is 6.08. The van der Waals surface area contributed by atoms with Crippen molar-refractivity contribution < 1.29 is 22.7 Å². The lowest BCUT2D eigenvalue weighted by Crippen LogP contribution is -2.40. The molecule has 1 aliphatic rings. The van der Waals surface area contributed by atoms with Crippen molar-refractivity contribution in [1.82, 2.24) is 9.62 Å². The van der Waals surface area contributed by atoms with Crippen LogP contribution in [0.4, 0.5) is 0 Å². The molecule has 1 aliphatic heterocycles. The Labute approximate surface area is 206 Å². The average molecular weight is 493 g/mol. The van der Waals surface area contributed by atoms with Gasteiger partial charge in [-0.15, -0.1) is 6.58 Å². The molecule has 1 amide bonds. The molecule has 0 radical (unpaired) electrons. The lowest BCUT2D eigenvalue weighted by atomic mass is 9.87. The largest absolute Gasteiger partial charge is 0.493 e. The van der Waals surface area contributed by atoms with Gasteiger partial charge in [0.05, 0.1) is 25.2 Å². The van der Waals surface area contributed by atoms with Crippen molar-refractivity contribution in [3.8, 4) is 11.5 Å². The molecule has 0 aliphatic carbocycles. The fourth-order valence-electron chi connectivity index (χ4n) is 4.35. The highest BCUT2D eigenvalue weighted by molar-refractivity contribution is 7.89. The lowest BCUT2D eigenvalue weighted by molar-refractivity contribution is 0.0694. The molecule has 0 saturated carbocycles. The SMILES string of the molecule is C=CCNS(=O)(=O)c1ccc(C(=O)N2CCc3cc(OC)c(OC)cc3C2c2ccccc2)cc1. The molecule has 1 unspecified atom stereocenters. The maximum absolute atomic E-state index is 13.7. The number of nitrogens with one attached hydrogen (secondary N) is 1. The fraction of sp³-hybridized carbons (Fsp3) is 0.222. The molecule has 7 nitrogen and oxygen atoms in total. The van der Waals surface area contributed by atoms with Crippen molar-refractivity contribution in [3.63, 3.8) is 0 Å². The quantitative estimate of drug-likeness (QED) is 0.481. The molecule has 8 heteroatoms. The van der Waals surface area contributed by atoms with Crippen LogP contribution in [0.15, 0.2) is 84.3 Å². The Bertz CT molecular complexity index is 1320. The minimum Gasteiger partial charge on any atom is -0.493 e. The van der Waals surface area contributed by atoms with Gasteiger partial charge in [-0.05, 0) is 59.5 Å². The number of carbonyl (C=O) groups excluding carboxylic acids is 1. The number of hydrogen-bond acceptors (Lipinski definition) is 5. The van der Waals surface area contributed by atoms with Gasteiger partial charge in [0.25, 0.3) is 5.91 Å². The van der Waals surface area contributed by atoms with Gasteiger partial charge in [-0.3, -0.25) is 4.79 Å². The van der Waals surface area contributed by atoms with Crippen molar-refractivity contribution >= 4 is 15.9 Å². The first kappa shape index (κ1) is 24.5. The van der Waals surface area contributed by atoms with E-state index in [1.165, 1.54) is 18.2 Å². The van der Waals surface area contributed by atoms with Gasteiger partial charge in [0, 0.05) is 18.7 Å². The third-order valence-corrected chi connectivity index (χ3v) is 7.52. The second kappa shape index (κ2) is 10.3. The van der Waals surface area contributed by atoms with E-state index >= 15 is 0 Å². The van der Waals surface area contributed by atoms with E-state index in [2.05, 4.69) is 11.3 Å². The molecule has 4 rings (SSSR count). The van der Waals surface area contributed by atoms with Gasteiger partial charge < -0.3 is 14.4 Å². The summed E-state index contributed by atoms with van der Waals surface area (Å²) in [4.78, 5) is 15.6. The summed E-state index contributed by atoms with van der Waals surface area (Å²) in [5.74, 6) is 1.07. The summed E-state index contributed by atoms with van der Waals surface area (Å²) in [7, 11) is -0.474. The topological polar surface area (TPSA) is 84.9 Å². The van der Waals surface area contributed by atoms with Gasteiger partial charge in [-0.25, -0.2) is 13.1 Å². The first-order valence-electron chi connectivity index (χ1n) is 11.2. The van der Waals surface area contributed by atoms with Crippen molar-refractivity contribution in [1.29, 1.82) is 0 Å². The Morgan fingerprint density at radius 2 is 1.71 bits per heavy atom. The summed E-state index contributed by atoms with van der Waals surface area (Å²) in [6.45, 7) is 4.15. The Morgan fingerprint density at radius 3 is 2.34 bits per heavy atom. The van der Waals surface area contributed by atoms with Crippen molar-refractivity contribution in [3.05, 3.63) is 102 Å². The number of benzene rings is 3. The summed E-state index contributed by atoms with van der Waals surface area (Å²) < 4.78 is 38.2. The lowest BCUT2D eigenvalue weighted by Gasteiger charge is -2.38. The van der Waals surface area contributed by atoms with E-state index in [4.69, 9.17) is 9.47 Å². The van der Waals surface area contributed by atoms with Crippen LogP contribution < -0.4 is 14.2 Å². The summed E-state index contributed by atoms with van der Waals surface area (Å²) >= 11 is 0. The zero-order valence-corrected chi connectivity index (χ0v) is 20.5. The second-order valence-electron chi connectivity index (χ2n) is 8.13. The minimum absolute atomic E-state index is 0.0938. The maximum Gasteiger partial charge on any atom is 0.254 e. The van der Waals surface area contributed by atoms with E-state index in [1.807, 2.05) is 47.4 Å². The van der Waals surface area contributed by atoms with Crippen molar-refractivity contribution in [2.24, 2.45) is 0 Å². The second-order valence-corrected chi connectivity index (χ2v) is 9.90. The van der Waals surface area contributed by atoms with Crippen LogP contribution in [0, 0.1) is 0 Å². The number of amides is 1. The number of sulfonamides is 1. The van der Waals surface area contributed by atoms with E-state index < -0.39 is 10.0 Å². The molecular formula is C27H28N2O5S. The molecule has 0 aromatic heterocycles. The van der Waals surface area contributed by atoms with Gasteiger partial charge in [0.15, 0.2) is 11.5 Å². The predicted octanol–water partition coefficient (Wildman–Crippen LogP) is 3.96. The first-order valence-corrected chi connectivity index (χ1v) is 12.7. The molecule has 3 aromatic rings. The number of hydrogen-bond donors (Lipinski definition) is 1. The maximum atomic E-state index is 13.7. The summed E-state index contributed by atoms with van der Waals surface area (Å²) in [5, 5.41) is 0. The summed E-state index contributed by atoms with van der Waals surface area (Å²) in [6, 6.07) is 19.4. The average Bonchev–Trinajstić information content (AvgIpc) is 2.90. The van der Waals surface area contributed by atoms with E-state index in [9.17, 15) is 13.2 Å². The van der Waals surface area contributed by atoms with Crippen LogP contribution in [0.3, 0.4) is 0 Å². The monoisotopic (exact) mass is 492 g/mol. The van der Waals surface area contributed by atoms with Gasteiger partial charge in [-0.2, -0.15) is 0 Å². The number of carbonyl (C=O) groups is 1. The highest BCUT2D eigenvalue weighted by atomic mass is 32.2. The molecule has 1 atom stereocenters. The molecule has 35 heavy (non-hydrogen) atoms. The molecule has 0 saturated heterocycles. The van der Waals surface area contributed by atoms with Crippen LogP contribution in [0.2, 0.25) is 0 Å². The first-order chi connectivity index (χ1) is 16.9. The highest BCUT2D eigenvalue weighted by Gasteiger charge is 2.34. The van der Waals surface area contributed by atoms with E-state index in [0.29, 0.717) is 30.0 Å². The zero-order chi connectivity index (χ0) is 25.0. The minimum atomic E-state index is -3.67. The molecular weight excluding hydrogens is 464 g/mol. The van der Waals surface area contributed by atoms with Gasteiger partial charge >= 0.3 is 0 Å². The van der Waals surface area contributed by atoms with Crippen LogP contribution in [0.25, 0.3) is 0 Å². The Morgan fingerprint density at radius 1 is 1.06 bits per heavy atom. The number of methoxy groups -OCH3 is 2. The molecule has 3 aromatic carbocycles. The van der Waals surface area contributed by atoms with Crippen LogP contribution in [-0.4, -0.2) is 46.5 Å². The Balaban J connectivity index is 1.72.